The molecule has 92 valence electrons. The van der Waals surface area contributed by atoms with Gasteiger partial charge in [-0.3, -0.25) is 4.79 Å². The molecule has 5 heteroatoms. The van der Waals surface area contributed by atoms with E-state index >= 15 is 0 Å². The molecule has 0 saturated heterocycles. The van der Waals surface area contributed by atoms with Gasteiger partial charge in [0, 0.05) is 13.0 Å². The molecule has 0 bridgehead atoms. The molecule has 0 saturated carbocycles. The standard InChI is InChI=1S/C12H16N2O3/c1-17-14-11(6-7-12(15)16)10-4-2-9(8-13)3-5-10/h2-5H,6-8,13H2,1H3,(H,15,16). The van der Waals surface area contributed by atoms with Crippen LogP contribution in [0.3, 0.4) is 0 Å². The third-order valence-corrected chi connectivity index (χ3v) is 2.30. The highest BCUT2D eigenvalue weighted by Gasteiger charge is 2.07. The summed E-state index contributed by atoms with van der Waals surface area (Å²) in [6.45, 7) is 0.478. The van der Waals surface area contributed by atoms with Gasteiger partial charge in [-0.15, -0.1) is 0 Å². The topological polar surface area (TPSA) is 84.9 Å². The molecule has 0 heterocycles. The summed E-state index contributed by atoms with van der Waals surface area (Å²) in [5.41, 5.74) is 7.99. The minimum absolute atomic E-state index is 0.0286. The van der Waals surface area contributed by atoms with E-state index in [4.69, 9.17) is 15.7 Å². The Kier molecular flexibility index (Phi) is 5.16. The quantitative estimate of drug-likeness (QED) is 0.577. The molecule has 0 spiro atoms. The van der Waals surface area contributed by atoms with E-state index in [-0.39, 0.29) is 6.42 Å². The highest BCUT2D eigenvalue weighted by Crippen LogP contribution is 2.09. The summed E-state index contributed by atoms with van der Waals surface area (Å²) in [7, 11) is 1.44. The van der Waals surface area contributed by atoms with Crippen LogP contribution in [0, 0.1) is 0 Å². The molecule has 17 heavy (non-hydrogen) atoms. The van der Waals surface area contributed by atoms with Gasteiger partial charge in [0.1, 0.15) is 7.11 Å². The van der Waals surface area contributed by atoms with Crippen molar-refractivity contribution in [2.45, 2.75) is 19.4 Å². The Hall–Kier alpha value is -1.88. The van der Waals surface area contributed by atoms with Gasteiger partial charge in [0.05, 0.1) is 12.1 Å². The largest absolute Gasteiger partial charge is 0.481 e. The Bertz CT molecular complexity index is 399. The fraction of sp³-hybridized carbons (Fsp3) is 0.333. The average Bonchev–Trinajstić information content (AvgIpc) is 2.34. The van der Waals surface area contributed by atoms with Gasteiger partial charge in [0.15, 0.2) is 0 Å². The normalized spacial score (nSPS) is 11.3. The Labute approximate surface area is 99.9 Å². The zero-order valence-electron chi connectivity index (χ0n) is 9.72. The van der Waals surface area contributed by atoms with E-state index in [1.807, 2.05) is 24.3 Å². The van der Waals surface area contributed by atoms with Crippen molar-refractivity contribution in [2.75, 3.05) is 7.11 Å². The number of carboxylic acids is 1. The van der Waals surface area contributed by atoms with E-state index in [0.29, 0.717) is 18.7 Å². The Morgan fingerprint density at radius 3 is 2.47 bits per heavy atom. The number of oxime groups is 1. The second-order valence-corrected chi connectivity index (χ2v) is 3.52. The molecule has 0 radical (unpaired) electrons. The SMILES string of the molecule is CON=C(CCC(=O)O)c1ccc(CN)cc1. The maximum Gasteiger partial charge on any atom is 0.303 e. The molecule has 0 unspecified atom stereocenters. The monoisotopic (exact) mass is 236 g/mol. The van der Waals surface area contributed by atoms with Gasteiger partial charge >= 0.3 is 5.97 Å². The fourth-order valence-electron chi connectivity index (χ4n) is 1.41. The number of carboxylic acid groups (broad SMARTS) is 1. The van der Waals surface area contributed by atoms with E-state index in [9.17, 15) is 4.79 Å². The molecular formula is C12H16N2O3. The maximum atomic E-state index is 10.5. The van der Waals surface area contributed by atoms with Crippen LogP contribution < -0.4 is 5.73 Å². The third kappa shape index (κ3) is 4.24. The van der Waals surface area contributed by atoms with Crippen molar-refractivity contribution in [1.82, 2.24) is 0 Å². The second kappa shape index (κ2) is 6.65. The van der Waals surface area contributed by atoms with Gasteiger partial charge in [-0.25, -0.2) is 0 Å². The lowest BCUT2D eigenvalue weighted by atomic mass is 10.0. The van der Waals surface area contributed by atoms with Crippen molar-refractivity contribution in [1.29, 1.82) is 0 Å². The van der Waals surface area contributed by atoms with Gasteiger partial charge in [0.25, 0.3) is 0 Å². The van der Waals surface area contributed by atoms with Gasteiger partial charge in [-0.2, -0.15) is 0 Å². The van der Waals surface area contributed by atoms with Crippen molar-refractivity contribution in [3.63, 3.8) is 0 Å². The van der Waals surface area contributed by atoms with Crippen LogP contribution in [0.4, 0.5) is 0 Å². The van der Waals surface area contributed by atoms with Crippen LogP contribution in [0.15, 0.2) is 29.4 Å². The van der Waals surface area contributed by atoms with Crippen molar-refractivity contribution in [3.8, 4) is 0 Å². The number of nitrogens with two attached hydrogens (primary N) is 1. The van der Waals surface area contributed by atoms with Crippen LogP contribution in [0.25, 0.3) is 0 Å². The minimum Gasteiger partial charge on any atom is -0.481 e. The Balaban J connectivity index is 2.82. The molecule has 0 amide bonds. The minimum atomic E-state index is -0.854. The molecule has 1 aromatic rings. The second-order valence-electron chi connectivity index (χ2n) is 3.52. The van der Waals surface area contributed by atoms with Crippen molar-refractivity contribution >= 4 is 11.7 Å². The summed E-state index contributed by atoms with van der Waals surface area (Å²) < 4.78 is 0. The van der Waals surface area contributed by atoms with Crippen molar-refractivity contribution in [2.24, 2.45) is 10.9 Å². The molecule has 0 fully saturated rings. The first-order valence-electron chi connectivity index (χ1n) is 5.28. The molecule has 0 aliphatic rings. The summed E-state index contributed by atoms with van der Waals surface area (Å²) >= 11 is 0. The van der Waals surface area contributed by atoms with Crippen molar-refractivity contribution in [3.05, 3.63) is 35.4 Å². The van der Waals surface area contributed by atoms with Gasteiger partial charge in [-0.05, 0) is 11.1 Å². The number of nitrogens with zero attached hydrogens (tertiary/aromatic N) is 1. The third-order valence-electron chi connectivity index (χ3n) is 2.30. The van der Waals surface area contributed by atoms with Crippen LogP contribution in [0.5, 0.6) is 0 Å². The molecule has 0 aromatic heterocycles. The lowest BCUT2D eigenvalue weighted by Gasteiger charge is -2.05. The summed E-state index contributed by atoms with van der Waals surface area (Å²) in [6, 6.07) is 7.51. The van der Waals surface area contributed by atoms with Crippen LogP contribution >= 0.6 is 0 Å². The van der Waals surface area contributed by atoms with Gasteiger partial charge in [-0.1, -0.05) is 29.4 Å². The first-order valence-corrected chi connectivity index (χ1v) is 5.28. The van der Waals surface area contributed by atoms with Crippen LogP contribution in [-0.4, -0.2) is 23.9 Å². The number of aliphatic carboxylic acids is 1. The van der Waals surface area contributed by atoms with E-state index in [1.54, 1.807) is 0 Å². The number of rotatable bonds is 6. The van der Waals surface area contributed by atoms with E-state index < -0.39 is 5.97 Å². The number of hydrogen-bond donors (Lipinski definition) is 2. The number of hydrogen-bond acceptors (Lipinski definition) is 4. The van der Waals surface area contributed by atoms with E-state index in [1.165, 1.54) is 7.11 Å². The highest BCUT2D eigenvalue weighted by molar-refractivity contribution is 6.01. The zero-order chi connectivity index (χ0) is 12.7. The smallest absolute Gasteiger partial charge is 0.303 e. The lowest BCUT2D eigenvalue weighted by molar-refractivity contribution is -0.136. The van der Waals surface area contributed by atoms with E-state index in [0.717, 1.165) is 11.1 Å². The zero-order valence-corrected chi connectivity index (χ0v) is 9.72. The van der Waals surface area contributed by atoms with Crippen LogP contribution in [-0.2, 0) is 16.2 Å². The first-order chi connectivity index (χ1) is 8.17. The Morgan fingerprint density at radius 2 is 2.00 bits per heavy atom. The summed E-state index contributed by atoms with van der Waals surface area (Å²) in [4.78, 5) is 15.2. The first kappa shape index (κ1) is 13.2. The van der Waals surface area contributed by atoms with Crippen LogP contribution in [0.1, 0.15) is 24.0 Å². The van der Waals surface area contributed by atoms with Crippen LogP contribution in [0.2, 0.25) is 0 Å². The molecular weight excluding hydrogens is 220 g/mol. The molecule has 0 aliphatic heterocycles. The summed E-state index contributed by atoms with van der Waals surface area (Å²) in [5.74, 6) is -0.854. The molecule has 0 atom stereocenters. The lowest BCUT2D eigenvalue weighted by Crippen LogP contribution is -2.06. The summed E-state index contributed by atoms with van der Waals surface area (Å²) in [5, 5.41) is 12.5. The average molecular weight is 236 g/mol. The predicted octanol–water partition coefficient (Wildman–Crippen LogP) is 1.36. The van der Waals surface area contributed by atoms with Crippen molar-refractivity contribution < 1.29 is 14.7 Å². The molecule has 3 N–H and O–H groups in total. The molecule has 5 nitrogen and oxygen atoms in total. The molecule has 1 aromatic carbocycles. The Morgan fingerprint density at radius 1 is 1.35 bits per heavy atom. The van der Waals surface area contributed by atoms with Gasteiger partial charge in [0.2, 0.25) is 0 Å². The van der Waals surface area contributed by atoms with Gasteiger partial charge < -0.3 is 15.7 Å². The van der Waals surface area contributed by atoms with E-state index in [2.05, 4.69) is 5.16 Å². The fourth-order valence-corrected chi connectivity index (χ4v) is 1.41. The molecule has 0 aliphatic carbocycles. The number of carbonyl (C=O) groups is 1. The maximum absolute atomic E-state index is 10.5. The summed E-state index contributed by atoms with van der Waals surface area (Å²) in [6.07, 6.45) is 0.367. The predicted molar refractivity (Wildman–Crippen MR) is 64.7 cm³/mol. The molecule has 1 rings (SSSR count). The number of benzene rings is 1. The highest BCUT2D eigenvalue weighted by atomic mass is 16.6.